The minimum Gasteiger partial charge on any atom is -0.462 e. The lowest BCUT2D eigenvalue weighted by atomic mass is 10.0. The molecule has 0 fully saturated rings. The van der Waals surface area contributed by atoms with Gasteiger partial charge in [-0.25, -0.2) is 9.13 Å². The Morgan fingerprint density at radius 3 is 1.83 bits per heavy atom. The van der Waals surface area contributed by atoms with E-state index in [1.807, 2.05) is 18.2 Å². The number of hydrogen-bond acceptors (Lipinski definition) is 11. The van der Waals surface area contributed by atoms with E-state index in [2.05, 4.69) is 42.0 Å². The Morgan fingerprint density at radius 2 is 1.21 bits per heavy atom. The Morgan fingerprint density at radius 1 is 0.654 bits per heavy atom. The zero-order valence-electron chi connectivity index (χ0n) is 31.4. The first-order valence-corrected chi connectivity index (χ1v) is 21.7. The lowest BCUT2D eigenvalue weighted by Crippen LogP contribution is -2.30. The van der Waals surface area contributed by atoms with Crippen molar-refractivity contribution in [2.75, 3.05) is 26.4 Å². The molecule has 5 N–H and O–H groups in total. The lowest BCUT2D eigenvalue weighted by Gasteiger charge is -2.20. The summed E-state index contributed by atoms with van der Waals surface area (Å²) in [5, 5.41) is 19.8. The minimum atomic E-state index is -4.87. The van der Waals surface area contributed by atoms with E-state index in [1.165, 1.54) is 12.8 Å². The third-order valence-electron chi connectivity index (χ3n) is 7.57. The first kappa shape index (κ1) is 50.3. The van der Waals surface area contributed by atoms with E-state index in [9.17, 15) is 33.8 Å². The number of ether oxygens (including phenoxy) is 2. The number of hydrogen-bond donors (Lipinski definition) is 5. The van der Waals surface area contributed by atoms with Crippen molar-refractivity contribution in [1.82, 2.24) is 0 Å². The van der Waals surface area contributed by atoms with Crippen LogP contribution in [0.3, 0.4) is 0 Å². The second kappa shape index (κ2) is 31.6. The molecule has 0 aromatic rings. The number of carbonyl (C=O) groups is 2. The van der Waals surface area contributed by atoms with Crippen LogP contribution < -0.4 is 0 Å². The van der Waals surface area contributed by atoms with E-state index in [-0.39, 0.29) is 12.8 Å². The molecule has 0 aliphatic carbocycles. The molecule has 14 nitrogen and oxygen atoms in total. The number of unbranched alkanes of at least 4 members (excludes halogenated alkanes) is 9. The predicted octanol–water partition coefficient (Wildman–Crippen LogP) is 7.38. The van der Waals surface area contributed by atoms with Crippen LogP contribution in [0.1, 0.15) is 130 Å². The Labute approximate surface area is 310 Å². The van der Waals surface area contributed by atoms with Gasteiger partial charge in [-0.3, -0.25) is 23.2 Å². The fourth-order valence-electron chi connectivity index (χ4n) is 4.71. The van der Waals surface area contributed by atoms with Crippen LogP contribution in [0.5, 0.6) is 0 Å². The first-order chi connectivity index (χ1) is 24.6. The van der Waals surface area contributed by atoms with Crippen LogP contribution in [-0.4, -0.2) is 81.6 Å². The standard InChI is InChI=1S/C36H66O14P2/c1-4-5-6-7-8-13-18-23-32(37)24-19-14-11-16-20-25-35(39)46-29-34(50-36(40)26-21-15-10-9-12-17-22-31(2)3)30-49-52(44,45)48-28-33(38)27-47-51(41,42)43/h5-6,8,13,18,23,31-34,37-38H,4,7,9-12,14-17,19-22,24-30H2,1-3H3,(H,44,45)(H2,41,42,43)/b6-5+,13-8+,23-18+/t32?,33-,34+/m0/s1. The molecule has 0 radical (unpaired) electrons. The summed E-state index contributed by atoms with van der Waals surface area (Å²) in [6, 6.07) is 0. The summed E-state index contributed by atoms with van der Waals surface area (Å²) < 4.78 is 47.4. The van der Waals surface area contributed by atoms with Crippen molar-refractivity contribution >= 4 is 27.6 Å². The van der Waals surface area contributed by atoms with Gasteiger partial charge in [0, 0.05) is 12.8 Å². The van der Waals surface area contributed by atoms with Gasteiger partial charge in [0.2, 0.25) is 0 Å². The Balaban J connectivity index is 4.65. The van der Waals surface area contributed by atoms with Gasteiger partial charge in [0.05, 0.1) is 25.9 Å². The van der Waals surface area contributed by atoms with Crippen LogP contribution in [-0.2, 0) is 41.8 Å². The maximum atomic E-state index is 12.5. The molecule has 2 unspecified atom stereocenters. The second-order valence-corrected chi connectivity index (χ2v) is 15.8. The average Bonchev–Trinajstić information content (AvgIpc) is 3.07. The molecule has 0 saturated heterocycles. The fraction of sp³-hybridized carbons (Fsp3) is 0.778. The molecule has 0 amide bonds. The Bertz CT molecular complexity index is 1100. The van der Waals surface area contributed by atoms with Gasteiger partial charge >= 0.3 is 27.6 Å². The van der Waals surface area contributed by atoms with Crippen molar-refractivity contribution in [3.05, 3.63) is 36.5 Å². The van der Waals surface area contributed by atoms with E-state index < -0.39 is 72.3 Å². The van der Waals surface area contributed by atoms with Crippen molar-refractivity contribution in [2.45, 2.75) is 148 Å². The molecule has 304 valence electrons. The van der Waals surface area contributed by atoms with E-state index in [0.29, 0.717) is 25.2 Å². The molecular weight excluding hydrogens is 718 g/mol. The van der Waals surface area contributed by atoms with E-state index in [0.717, 1.165) is 64.2 Å². The molecule has 0 bridgehead atoms. The van der Waals surface area contributed by atoms with Crippen molar-refractivity contribution in [2.24, 2.45) is 5.92 Å². The zero-order valence-corrected chi connectivity index (χ0v) is 33.2. The molecule has 4 atom stereocenters. The summed E-state index contributed by atoms with van der Waals surface area (Å²) in [5.74, 6) is -0.436. The van der Waals surface area contributed by atoms with Gasteiger partial charge < -0.3 is 34.4 Å². The smallest absolute Gasteiger partial charge is 0.462 e. The van der Waals surface area contributed by atoms with Gasteiger partial charge in [-0.15, -0.1) is 0 Å². The zero-order chi connectivity index (χ0) is 39.1. The topological polar surface area (TPSA) is 216 Å². The van der Waals surface area contributed by atoms with Crippen molar-refractivity contribution in [3.63, 3.8) is 0 Å². The van der Waals surface area contributed by atoms with Crippen molar-refractivity contribution in [1.29, 1.82) is 0 Å². The normalized spacial score (nSPS) is 15.4. The van der Waals surface area contributed by atoms with Crippen LogP contribution in [0.2, 0.25) is 0 Å². The second-order valence-electron chi connectivity index (χ2n) is 13.2. The summed E-state index contributed by atoms with van der Waals surface area (Å²) in [5.41, 5.74) is 0. The lowest BCUT2D eigenvalue weighted by molar-refractivity contribution is -0.161. The van der Waals surface area contributed by atoms with E-state index >= 15 is 0 Å². The van der Waals surface area contributed by atoms with E-state index in [1.54, 1.807) is 6.08 Å². The highest BCUT2D eigenvalue weighted by atomic mass is 31.2. The maximum Gasteiger partial charge on any atom is 0.472 e. The minimum absolute atomic E-state index is 0.108. The number of aliphatic hydroxyl groups is 2. The van der Waals surface area contributed by atoms with Crippen molar-refractivity contribution < 1.29 is 66.7 Å². The quantitative estimate of drug-likeness (QED) is 0.0142. The average molecular weight is 785 g/mol. The SMILES string of the molecule is CC/C=C/C/C=C/C=C/C(O)CCCCCCCC(=O)OC[C@H](COP(=O)(O)OC[C@@H](O)COP(=O)(O)O)OC(=O)CCCCCCCCC(C)C. The van der Waals surface area contributed by atoms with Crippen LogP contribution in [0.25, 0.3) is 0 Å². The van der Waals surface area contributed by atoms with Crippen LogP contribution in [0.4, 0.5) is 0 Å². The number of carbonyl (C=O) groups excluding carboxylic acids is 2. The molecule has 16 heteroatoms. The summed E-state index contributed by atoms with van der Waals surface area (Å²) in [7, 11) is -9.68. The number of rotatable bonds is 34. The van der Waals surface area contributed by atoms with Gasteiger partial charge in [-0.1, -0.05) is 121 Å². The van der Waals surface area contributed by atoms with Crippen LogP contribution >= 0.6 is 15.6 Å². The molecular formula is C36H66O14P2. The van der Waals surface area contributed by atoms with Gasteiger partial charge in [0.25, 0.3) is 0 Å². The maximum absolute atomic E-state index is 12.5. The number of aliphatic hydroxyl groups excluding tert-OH is 2. The first-order valence-electron chi connectivity index (χ1n) is 18.6. The summed E-state index contributed by atoms with van der Waals surface area (Å²) >= 11 is 0. The monoisotopic (exact) mass is 784 g/mol. The Kier molecular flexibility index (Phi) is 30.6. The summed E-state index contributed by atoms with van der Waals surface area (Å²) in [6.45, 7) is 3.68. The molecule has 0 aromatic carbocycles. The summed E-state index contributed by atoms with van der Waals surface area (Å²) in [6.07, 6.45) is 22.2. The summed E-state index contributed by atoms with van der Waals surface area (Å²) in [4.78, 5) is 52.3. The van der Waals surface area contributed by atoms with Crippen molar-refractivity contribution in [3.8, 4) is 0 Å². The highest BCUT2D eigenvalue weighted by Crippen LogP contribution is 2.43. The van der Waals surface area contributed by atoms with Gasteiger partial charge in [-0.05, 0) is 38.0 Å². The van der Waals surface area contributed by atoms with Crippen LogP contribution in [0, 0.1) is 5.92 Å². The molecule has 0 aliphatic heterocycles. The number of phosphoric ester groups is 2. The highest BCUT2D eigenvalue weighted by Gasteiger charge is 2.28. The van der Waals surface area contributed by atoms with E-state index in [4.69, 9.17) is 23.8 Å². The molecule has 0 rings (SSSR count). The Hall–Kier alpha value is -1.70. The van der Waals surface area contributed by atoms with Gasteiger partial charge in [-0.2, -0.15) is 0 Å². The molecule has 0 saturated carbocycles. The number of allylic oxidation sites excluding steroid dienone is 5. The largest absolute Gasteiger partial charge is 0.472 e. The molecule has 0 spiro atoms. The number of phosphoric acid groups is 2. The molecule has 52 heavy (non-hydrogen) atoms. The predicted molar refractivity (Wildman–Crippen MR) is 199 cm³/mol. The fourth-order valence-corrected chi connectivity index (χ4v) is 5.87. The molecule has 0 heterocycles. The third kappa shape index (κ3) is 35.3. The third-order valence-corrected chi connectivity index (χ3v) is 9.00. The van der Waals surface area contributed by atoms with Gasteiger partial charge in [0.1, 0.15) is 12.7 Å². The number of esters is 2. The molecule has 0 aromatic heterocycles. The highest BCUT2D eigenvalue weighted by molar-refractivity contribution is 7.47. The van der Waals surface area contributed by atoms with Gasteiger partial charge in [0.15, 0.2) is 6.10 Å². The van der Waals surface area contributed by atoms with Crippen LogP contribution in [0.15, 0.2) is 36.5 Å². The molecule has 0 aliphatic rings.